The molecule has 1 amide bonds. The molecule has 0 bridgehead atoms. The lowest BCUT2D eigenvalue weighted by Crippen LogP contribution is -3.11. The van der Waals surface area contributed by atoms with Crippen LogP contribution in [0.2, 0.25) is 0 Å². The molecule has 4 nitrogen and oxygen atoms in total. The molecule has 0 saturated carbocycles. The number of likely N-dealkylation sites (N-methyl/N-ethyl adjacent to an activating group) is 1. The Balaban J connectivity index is 1.92. The van der Waals surface area contributed by atoms with Crippen molar-refractivity contribution in [3.8, 4) is 5.75 Å². The van der Waals surface area contributed by atoms with Crippen LogP contribution in [0.4, 0.5) is 5.69 Å². The van der Waals surface area contributed by atoms with Crippen LogP contribution in [0, 0.1) is 0 Å². The minimum Gasteiger partial charge on any atom is -0.497 e. The van der Waals surface area contributed by atoms with E-state index >= 15 is 0 Å². The molecule has 1 unspecified atom stereocenters. The number of anilines is 1. The van der Waals surface area contributed by atoms with Crippen molar-refractivity contribution in [3.05, 3.63) is 58.6 Å². The molecule has 0 spiro atoms. The van der Waals surface area contributed by atoms with Crippen molar-refractivity contribution in [3.63, 3.8) is 0 Å². The van der Waals surface area contributed by atoms with E-state index in [-0.39, 0.29) is 5.91 Å². The fourth-order valence-electron chi connectivity index (χ4n) is 2.33. The third-order valence-corrected chi connectivity index (χ3v) is 4.46. The average molecular weight is 378 g/mol. The third kappa shape index (κ3) is 5.37. The molecular weight excluding hydrogens is 356 g/mol. The lowest BCUT2D eigenvalue weighted by Gasteiger charge is -2.18. The molecular formula is C18H22BrN2O2+. The highest BCUT2D eigenvalue weighted by atomic mass is 79.9. The molecule has 5 heteroatoms. The van der Waals surface area contributed by atoms with E-state index in [1.54, 1.807) is 7.11 Å². The molecule has 1 atom stereocenters. The summed E-state index contributed by atoms with van der Waals surface area (Å²) in [4.78, 5) is 13.4. The summed E-state index contributed by atoms with van der Waals surface area (Å²) in [5, 5.41) is 2.93. The van der Waals surface area contributed by atoms with E-state index in [9.17, 15) is 4.79 Å². The van der Waals surface area contributed by atoms with Gasteiger partial charge in [0.1, 0.15) is 12.3 Å². The van der Waals surface area contributed by atoms with Gasteiger partial charge in [-0.1, -0.05) is 34.1 Å². The highest BCUT2D eigenvalue weighted by Gasteiger charge is 2.14. The van der Waals surface area contributed by atoms with Gasteiger partial charge in [-0.25, -0.2) is 0 Å². The van der Waals surface area contributed by atoms with Crippen LogP contribution < -0.4 is 15.0 Å². The Labute approximate surface area is 145 Å². The van der Waals surface area contributed by atoms with Crippen LogP contribution in [0.3, 0.4) is 0 Å². The van der Waals surface area contributed by atoms with Gasteiger partial charge < -0.3 is 15.0 Å². The molecule has 2 N–H and O–H groups in total. The number of ether oxygens (including phenoxy) is 1. The Morgan fingerprint density at radius 1 is 1.17 bits per heavy atom. The topological polar surface area (TPSA) is 42.8 Å². The molecule has 2 aromatic carbocycles. The van der Waals surface area contributed by atoms with Gasteiger partial charge in [-0.3, -0.25) is 4.79 Å². The standard InChI is InChI=1S/C18H21BrN2O2/c1-3-21(12-14-6-4-5-7-17(14)19)13-18(22)20-15-8-10-16(23-2)11-9-15/h4-11H,3,12-13H2,1-2H3,(H,20,22)/p+1. The first-order valence-corrected chi connectivity index (χ1v) is 8.42. The Bertz CT molecular complexity index is 644. The second-order valence-corrected chi connectivity index (χ2v) is 6.18. The minimum atomic E-state index is 0.0130. The first kappa shape index (κ1) is 17.5. The smallest absolute Gasteiger partial charge is 0.279 e. The summed E-state index contributed by atoms with van der Waals surface area (Å²) in [5.41, 5.74) is 1.99. The van der Waals surface area contributed by atoms with Crippen LogP contribution in [-0.2, 0) is 11.3 Å². The maximum absolute atomic E-state index is 12.2. The van der Waals surface area contributed by atoms with Crippen molar-refractivity contribution >= 4 is 27.5 Å². The van der Waals surface area contributed by atoms with E-state index in [1.807, 2.05) is 42.5 Å². The highest BCUT2D eigenvalue weighted by Crippen LogP contribution is 2.15. The summed E-state index contributed by atoms with van der Waals surface area (Å²) in [7, 11) is 1.62. The zero-order valence-electron chi connectivity index (χ0n) is 13.4. The number of hydrogen-bond acceptors (Lipinski definition) is 2. The zero-order chi connectivity index (χ0) is 16.7. The van der Waals surface area contributed by atoms with Gasteiger partial charge in [-0.2, -0.15) is 0 Å². The maximum atomic E-state index is 12.2. The molecule has 23 heavy (non-hydrogen) atoms. The van der Waals surface area contributed by atoms with Crippen molar-refractivity contribution in [1.29, 1.82) is 0 Å². The van der Waals surface area contributed by atoms with Crippen LogP contribution >= 0.6 is 15.9 Å². The molecule has 2 rings (SSSR count). The number of amides is 1. The van der Waals surface area contributed by atoms with Crippen molar-refractivity contribution in [2.75, 3.05) is 25.5 Å². The minimum absolute atomic E-state index is 0.0130. The van der Waals surface area contributed by atoms with Gasteiger partial charge in [0.15, 0.2) is 6.54 Å². The number of hydrogen-bond donors (Lipinski definition) is 2. The predicted molar refractivity (Wildman–Crippen MR) is 95.8 cm³/mol. The number of quaternary nitrogens is 1. The molecule has 0 aliphatic heterocycles. The fourth-order valence-corrected chi connectivity index (χ4v) is 2.76. The van der Waals surface area contributed by atoms with Gasteiger partial charge >= 0.3 is 0 Å². The van der Waals surface area contributed by atoms with E-state index in [0.717, 1.165) is 29.0 Å². The molecule has 0 radical (unpaired) electrons. The number of carbonyl (C=O) groups excluding carboxylic acids is 1. The second-order valence-electron chi connectivity index (χ2n) is 5.33. The largest absolute Gasteiger partial charge is 0.497 e. The first-order chi connectivity index (χ1) is 11.1. The second kappa shape index (κ2) is 8.70. The molecule has 0 aromatic heterocycles. The first-order valence-electron chi connectivity index (χ1n) is 7.63. The molecule has 0 heterocycles. The molecule has 122 valence electrons. The normalized spacial score (nSPS) is 11.8. The summed E-state index contributed by atoms with van der Waals surface area (Å²) in [5.74, 6) is 0.789. The Morgan fingerprint density at radius 3 is 2.48 bits per heavy atom. The summed E-state index contributed by atoms with van der Waals surface area (Å²) in [6.07, 6.45) is 0. The number of nitrogens with one attached hydrogen (secondary N) is 2. The third-order valence-electron chi connectivity index (χ3n) is 3.68. The van der Waals surface area contributed by atoms with Crippen LogP contribution in [0.1, 0.15) is 12.5 Å². The Kier molecular flexibility index (Phi) is 6.62. The van der Waals surface area contributed by atoms with E-state index < -0.39 is 0 Å². The van der Waals surface area contributed by atoms with Crippen molar-refractivity contribution in [2.24, 2.45) is 0 Å². The van der Waals surface area contributed by atoms with Crippen LogP contribution in [0.5, 0.6) is 5.75 Å². The lowest BCUT2D eigenvalue weighted by atomic mass is 10.2. The van der Waals surface area contributed by atoms with Gasteiger partial charge in [0.2, 0.25) is 0 Å². The lowest BCUT2D eigenvalue weighted by molar-refractivity contribution is -0.904. The van der Waals surface area contributed by atoms with Crippen LogP contribution in [0.25, 0.3) is 0 Å². The van der Waals surface area contributed by atoms with Crippen LogP contribution in [0.15, 0.2) is 53.0 Å². The Hall–Kier alpha value is -1.85. The summed E-state index contributed by atoms with van der Waals surface area (Å²) >= 11 is 3.56. The molecule has 0 fully saturated rings. The molecule has 0 saturated heterocycles. The van der Waals surface area contributed by atoms with Gasteiger partial charge in [0.25, 0.3) is 5.91 Å². The number of rotatable bonds is 7. The van der Waals surface area contributed by atoms with Crippen molar-refractivity contribution in [2.45, 2.75) is 13.5 Å². The molecule has 0 aliphatic carbocycles. The van der Waals surface area contributed by atoms with Gasteiger partial charge in [-0.05, 0) is 37.3 Å². The van der Waals surface area contributed by atoms with Gasteiger partial charge in [0.05, 0.1) is 13.7 Å². The number of benzene rings is 2. The SMILES string of the molecule is CC[NH+](CC(=O)Nc1ccc(OC)cc1)Cc1ccccc1Br. The quantitative estimate of drug-likeness (QED) is 0.778. The number of methoxy groups -OCH3 is 1. The van der Waals surface area contributed by atoms with E-state index in [0.29, 0.717) is 6.54 Å². The monoisotopic (exact) mass is 377 g/mol. The van der Waals surface area contributed by atoms with Gasteiger partial charge in [0, 0.05) is 15.7 Å². The van der Waals surface area contributed by atoms with E-state index in [4.69, 9.17) is 4.74 Å². The maximum Gasteiger partial charge on any atom is 0.279 e. The van der Waals surface area contributed by atoms with Gasteiger partial charge in [-0.15, -0.1) is 0 Å². The van der Waals surface area contributed by atoms with Crippen LogP contribution in [-0.4, -0.2) is 26.1 Å². The van der Waals surface area contributed by atoms with E-state index in [2.05, 4.69) is 34.2 Å². The summed E-state index contributed by atoms with van der Waals surface area (Å²) < 4.78 is 6.20. The number of halogens is 1. The average Bonchev–Trinajstić information content (AvgIpc) is 2.56. The molecule has 0 aliphatic rings. The summed E-state index contributed by atoms with van der Waals surface area (Å²) in [6.45, 7) is 4.22. The van der Waals surface area contributed by atoms with E-state index in [1.165, 1.54) is 10.5 Å². The van der Waals surface area contributed by atoms with Crippen molar-refractivity contribution in [1.82, 2.24) is 0 Å². The zero-order valence-corrected chi connectivity index (χ0v) is 15.0. The predicted octanol–water partition coefficient (Wildman–Crippen LogP) is 2.50. The highest BCUT2D eigenvalue weighted by molar-refractivity contribution is 9.10. The van der Waals surface area contributed by atoms with Crippen molar-refractivity contribution < 1.29 is 14.4 Å². The molecule has 2 aromatic rings. The summed E-state index contributed by atoms with van der Waals surface area (Å²) in [6, 6.07) is 15.5. The Morgan fingerprint density at radius 2 is 1.87 bits per heavy atom. The number of carbonyl (C=O) groups is 1. The fraction of sp³-hybridized carbons (Fsp3) is 0.278.